The van der Waals surface area contributed by atoms with Crippen LogP contribution in [0.3, 0.4) is 0 Å². The van der Waals surface area contributed by atoms with Gasteiger partial charge in [-0.2, -0.15) is 39.1 Å². The molecule has 0 aromatic heterocycles. The molecular formula is C8H12F6N2O5S2. The molecule has 0 amide bonds. The smallest absolute Gasteiger partial charge is 0.304 e. The lowest BCUT2D eigenvalue weighted by molar-refractivity contribution is -0.247. The minimum Gasteiger partial charge on any atom is -0.304 e. The molecule has 0 saturated carbocycles. The van der Waals surface area contributed by atoms with Crippen LogP contribution < -0.4 is 0 Å². The van der Waals surface area contributed by atoms with Gasteiger partial charge in [0.05, 0.1) is 0 Å². The summed E-state index contributed by atoms with van der Waals surface area (Å²) in [6.45, 7) is -1.62. The molecule has 1 fully saturated rings. The van der Waals surface area contributed by atoms with E-state index in [4.69, 9.17) is 4.55 Å². The van der Waals surface area contributed by atoms with Crippen molar-refractivity contribution < 1.29 is 47.7 Å². The lowest BCUT2D eigenvalue weighted by Crippen LogP contribution is -2.64. The Hall–Kier alpha value is -0.640. The van der Waals surface area contributed by atoms with Gasteiger partial charge in [-0.05, 0) is 7.05 Å². The first kappa shape index (κ1) is 20.4. The zero-order valence-electron chi connectivity index (χ0n) is 11.4. The van der Waals surface area contributed by atoms with E-state index in [2.05, 4.69) is 0 Å². The van der Waals surface area contributed by atoms with Crippen LogP contribution >= 0.6 is 0 Å². The number of hydrogen-bond acceptors (Lipinski definition) is 5. The highest BCUT2D eigenvalue weighted by molar-refractivity contribution is 7.90. The first-order valence-electron chi connectivity index (χ1n) is 5.79. The van der Waals surface area contributed by atoms with Crippen LogP contribution in [0, 0.1) is 0 Å². The van der Waals surface area contributed by atoms with E-state index >= 15 is 0 Å². The molecule has 0 bridgehead atoms. The Labute approximate surface area is 127 Å². The Balaban J connectivity index is 3.33. The van der Waals surface area contributed by atoms with Gasteiger partial charge in [0.25, 0.3) is 10.0 Å². The summed E-state index contributed by atoms with van der Waals surface area (Å²) < 4.78 is 132. The van der Waals surface area contributed by atoms with Crippen molar-refractivity contribution in [3.05, 3.63) is 0 Å². The van der Waals surface area contributed by atoms with Gasteiger partial charge >= 0.3 is 26.5 Å². The third kappa shape index (κ3) is 3.04. The molecule has 138 valence electrons. The highest BCUT2D eigenvalue weighted by Crippen LogP contribution is 2.51. The van der Waals surface area contributed by atoms with Crippen LogP contribution in [0.4, 0.5) is 26.3 Å². The minimum absolute atomic E-state index is 0.129. The summed E-state index contributed by atoms with van der Waals surface area (Å²) >= 11 is 0. The molecule has 23 heavy (non-hydrogen) atoms. The maximum atomic E-state index is 13.6. The molecule has 0 spiro atoms. The molecule has 0 aliphatic carbocycles. The molecule has 0 unspecified atom stereocenters. The molecule has 15 heteroatoms. The maximum Gasteiger partial charge on any atom is 0.439 e. The average molecular weight is 394 g/mol. The first-order chi connectivity index (χ1) is 10.00. The molecule has 1 N–H and O–H groups in total. The number of piperazine rings is 1. The van der Waals surface area contributed by atoms with Crippen molar-refractivity contribution in [1.82, 2.24) is 9.21 Å². The number of alkyl halides is 6. The van der Waals surface area contributed by atoms with Gasteiger partial charge in [0.2, 0.25) is 0 Å². The summed E-state index contributed by atoms with van der Waals surface area (Å²) in [7, 11) is -11.8. The van der Waals surface area contributed by atoms with Gasteiger partial charge < -0.3 is 4.90 Å². The lowest BCUT2D eigenvalue weighted by Gasteiger charge is -2.36. The predicted molar refractivity (Wildman–Crippen MR) is 64.4 cm³/mol. The molecule has 1 aliphatic heterocycles. The van der Waals surface area contributed by atoms with Crippen molar-refractivity contribution in [3.8, 4) is 0 Å². The van der Waals surface area contributed by atoms with Crippen LogP contribution in [-0.4, -0.2) is 80.3 Å². The van der Waals surface area contributed by atoms with E-state index in [1.54, 1.807) is 0 Å². The molecule has 1 heterocycles. The second kappa shape index (κ2) is 5.72. The zero-order chi connectivity index (χ0) is 18.5. The molecule has 0 radical (unpaired) electrons. The van der Waals surface area contributed by atoms with Crippen molar-refractivity contribution in [2.24, 2.45) is 0 Å². The highest BCUT2D eigenvalue weighted by Gasteiger charge is 2.82. The highest BCUT2D eigenvalue weighted by atomic mass is 32.2. The van der Waals surface area contributed by atoms with E-state index in [1.807, 2.05) is 0 Å². The lowest BCUT2D eigenvalue weighted by atomic mass is 10.3. The third-order valence-electron chi connectivity index (χ3n) is 3.18. The van der Waals surface area contributed by atoms with Gasteiger partial charge in [-0.25, -0.2) is 8.42 Å². The van der Waals surface area contributed by atoms with Crippen molar-refractivity contribution >= 4 is 20.1 Å². The van der Waals surface area contributed by atoms with Crippen LogP contribution in [0.2, 0.25) is 0 Å². The van der Waals surface area contributed by atoms with E-state index in [0.717, 1.165) is 0 Å². The van der Waals surface area contributed by atoms with E-state index in [9.17, 15) is 43.2 Å². The van der Waals surface area contributed by atoms with E-state index in [0.29, 0.717) is 0 Å². The van der Waals surface area contributed by atoms with E-state index in [1.165, 1.54) is 11.9 Å². The second-order valence-electron chi connectivity index (χ2n) is 4.79. The minimum atomic E-state index is -7.00. The predicted octanol–water partition coefficient (Wildman–Crippen LogP) is 0.272. The van der Waals surface area contributed by atoms with Gasteiger partial charge in [0.15, 0.2) is 0 Å². The van der Waals surface area contributed by atoms with Crippen LogP contribution in [-0.2, 0) is 20.1 Å². The van der Waals surface area contributed by atoms with Crippen molar-refractivity contribution in [3.63, 3.8) is 0 Å². The number of rotatable bonds is 5. The molecule has 1 saturated heterocycles. The number of nitrogens with zero attached hydrogens (tertiary/aromatic N) is 2. The van der Waals surface area contributed by atoms with Crippen LogP contribution in [0.1, 0.15) is 0 Å². The fourth-order valence-corrected chi connectivity index (χ4v) is 3.62. The molecule has 0 aromatic carbocycles. The Morgan fingerprint density at radius 2 is 1.22 bits per heavy atom. The second-order valence-corrected chi connectivity index (χ2v) is 8.23. The average Bonchev–Trinajstić information content (AvgIpc) is 2.37. The topological polar surface area (TPSA) is 95.0 Å². The summed E-state index contributed by atoms with van der Waals surface area (Å²) in [5.41, 5.74) is 0. The molecule has 0 aromatic rings. The summed E-state index contributed by atoms with van der Waals surface area (Å²) in [6.07, 6.45) is 0. The number of hydrogen-bond donors (Lipinski definition) is 1. The largest absolute Gasteiger partial charge is 0.439 e. The van der Waals surface area contributed by atoms with Gasteiger partial charge in [-0.3, -0.25) is 4.55 Å². The van der Waals surface area contributed by atoms with Gasteiger partial charge in [0.1, 0.15) is 0 Å². The Morgan fingerprint density at radius 3 is 1.57 bits per heavy atom. The zero-order valence-corrected chi connectivity index (χ0v) is 13.0. The first-order valence-corrected chi connectivity index (χ1v) is 8.67. The summed E-state index contributed by atoms with van der Waals surface area (Å²) in [6, 6.07) is 0. The van der Waals surface area contributed by atoms with Crippen LogP contribution in [0.5, 0.6) is 0 Å². The third-order valence-corrected chi connectivity index (χ3v) is 6.03. The van der Waals surface area contributed by atoms with Gasteiger partial charge in [-0.15, -0.1) is 0 Å². The fourth-order valence-electron chi connectivity index (χ4n) is 1.68. The van der Waals surface area contributed by atoms with Gasteiger partial charge in [0, 0.05) is 26.2 Å². The van der Waals surface area contributed by atoms with Crippen molar-refractivity contribution in [1.29, 1.82) is 0 Å². The quantitative estimate of drug-likeness (QED) is 0.532. The van der Waals surface area contributed by atoms with Crippen LogP contribution in [0.25, 0.3) is 0 Å². The monoisotopic (exact) mass is 394 g/mol. The van der Waals surface area contributed by atoms with E-state index < -0.39 is 49.7 Å². The summed E-state index contributed by atoms with van der Waals surface area (Å²) in [5.74, 6) is -6.89. The Morgan fingerprint density at radius 1 is 0.826 bits per heavy atom. The Bertz CT molecular complexity index is 656. The summed E-state index contributed by atoms with van der Waals surface area (Å²) in [5, 5.41) is -13.2. The maximum absolute atomic E-state index is 13.6. The molecule has 0 atom stereocenters. The van der Waals surface area contributed by atoms with Crippen LogP contribution in [0.15, 0.2) is 0 Å². The standard InChI is InChI=1S/C8H12F6N2O5S2/c1-15-2-4-16(5-3-15)22(17,18)7(11,12)6(9,10)8(13,14)23(19,20)21/h2-5H2,1H3,(H,19,20,21). The number of sulfonamides is 1. The van der Waals surface area contributed by atoms with Crippen molar-refractivity contribution in [2.45, 2.75) is 16.4 Å². The fraction of sp³-hybridized carbons (Fsp3) is 1.00. The Kier molecular flexibility index (Phi) is 5.07. The normalized spacial score (nSPS) is 20.7. The van der Waals surface area contributed by atoms with Crippen molar-refractivity contribution in [2.75, 3.05) is 33.2 Å². The molecule has 7 nitrogen and oxygen atoms in total. The van der Waals surface area contributed by atoms with Gasteiger partial charge in [-0.1, -0.05) is 0 Å². The molecule has 1 rings (SSSR count). The molecular weight excluding hydrogens is 382 g/mol. The van der Waals surface area contributed by atoms with E-state index in [-0.39, 0.29) is 17.4 Å². The number of likely N-dealkylation sites (N-methyl/N-ethyl adjacent to an activating group) is 1. The summed E-state index contributed by atoms with van der Waals surface area (Å²) in [4.78, 5) is 1.47. The SMILES string of the molecule is CN1CCN(S(=O)(=O)C(F)(F)C(F)(F)C(F)(F)S(=O)(=O)O)CC1. The number of halogens is 6. The molecule has 1 aliphatic rings.